The highest BCUT2D eigenvalue weighted by Crippen LogP contribution is 2.15. The Bertz CT molecular complexity index is 1090. The lowest BCUT2D eigenvalue weighted by atomic mass is 9.93. The Morgan fingerprint density at radius 2 is 1.24 bits per heavy atom. The van der Waals surface area contributed by atoms with Crippen LogP contribution in [0.25, 0.3) is 0 Å². The Morgan fingerprint density at radius 1 is 0.696 bits per heavy atom. The van der Waals surface area contributed by atoms with Crippen molar-refractivity contribution in [1.29, 1.82) is 0 Å². The van der Waals surface area contributed by atoms with Crippen LogP contribution in [0.4, 0.5) is 0 Å². The van der Waals surface area contributed by atoms with Gasteiger partial charge in [-0.1, -0.05) is 61.5 Å². The number of ether oxygens (including phenoxy) is 1. The molecule has 0 aromatic rings. The van der Waals surface area contributed by atoms with E-state index in [2.05, 4.69) is 26.0 Å². The average Bonchev–Trinajstić information content (AvgIpc) is 2.94. The van der Waals surface area contributed by atoms with Crippen LogP contribution in [0.5, 0.6) is 0 Å². The first-order valence-corrected chi connectivity index (χ1v) is 15.8. The molecule has 0 saturated heterocycles. The van der Waals surface area contributed by atoms with Gasteiger partial charge in [0.15, 0.2) is 0 Å². The van der Waals surface area contributed by atoms with Gasteiger partial charge in [0, 0.05) is 18.5 Å². The molecule has 5 atom stereocenters. The number of hydrogen-bond donors (Lipinski definition) is 6. The Kier molecular flexibility index (Phi) is 19.3. The smallest absolute Gasteiger partial charge is 0.330 e. The molecule has 14 nitrogen and oxygen atoms in total. The van der Waals surface area contributed by atoms with Gasteiger partial charge in [0.05, 0.1) is 13.2 Å². The highest BCUT2D eigenvalue weighted by molar-refractivity contribution is 6.08. The Labute approximate surface area is 272 Å². The normalized spacial score (nSPS) is 14.8. The van der Waals surface area contributed by atoms with Gasteiger partial charge in [-0.15, -0.1) is 0 Å². The Morgan fingerprint density at radius 3 is 1.72 bits per heavy atom. The summed E-state index contributed by atoms with van der Waals surface area (Å²) >= 11 is 0. The molecule has 0 aromatic heterocycles. The number of nitrogens with two attached hydrogens (primary N) is 2. The van der Waals surface area contributed by atoms with Crippen LogP contribution < -0.4 is 32.7 Å². The lowest BCUT2D eigenvalue weighted by molar-refractivity contribution is -0.141. The molecule has 0 aromatic carbocycles. The molecule has 8 N–H and O–H groups in total. The summed E-state index contributed by atoms with van der Waals surface area (Å²) in [5.74, 6) is -6.38. The maximum atomic E-state index is 13.4. The van der Waals surface area contributed by atoms with Gasteiger partial charge in [0.25, 0.3) is 0 Å². The highest BCUT2D eigenvalue weighted by Gasteiger charge is 2.34. The number of esters is 1. The predicted octanol–water partition coefficient (Wildman–Crippen LogP) is 0.816. The zero-order valence-corrected chi connectivity index (χ0v) is 28.8. The van der Waals surface area contributed by atoms with Crippen LogP contribution in [0.3, 0.4) is 0 Å². The number of nitrogens with one attached hydrogen (secondary N) is 4. The van der Waals surface area contributed by atoms with Gasteiger partial charge in [-0.3, -0.25) is 34.1 Å². The fraction of sp³-hybridized carbons (Fsp3) is 0.719. The van der Waals surface area contributed by atoms with E-state index in [1.165, 1.54) is 19.3 Å². The predicted molar refractivity (Wildman–Crippen MR) is 173 cm³/mol. The molecule has 6 amide bonds. The van der Waals surface area contributed by atoms with E-state index in [1.54, 1.807) is 13.8 Å². The monoisotopic (exact) mass is 652 g/mol. The molecule has 14 heteroatoms. The average molecular weight is 653 g/mol. The molecule has 262 valence electrons. The molecule has 0 unspecified atom stereocenters. The number of carbonyl (C=O) groups is 7. The highest BCUT2D eigenvalue weighted by atomic mass is 16.5. The molecule has 0 rings (SSSR count). The van der Waals surface area contributed by atoms with Crippen LogP contribution in [-0.2, 0) is 38.3 Å². The molecule has 0 saturated carbocycles. The molecule has 0 aliphatic heterocycles. The van der Waals surface area contributed by atoms with Gasteiger partial charge in [-0.05, 0) is 49.4 Å². The fourth-order valence-electron chi connectivity index (χ4n) is 4.44. The van der Waals surface area contributed by atoms with E-state index in [0.29, 0.717) is 6.42 Å². The summed E-state index contributed by atoms with van der Waals surface area (Å²) in [4.78, 5) is 88.6. The minimum absolute atomic E-state index is 0.0761. The summed E-state index contributed by atoms with van der Waals surface area (Å²) in [6.07, 6.45) is 3.26. The van der Waals surface area contributed by atoms with E-state index in [0.717, 1.165) is 0 Å². The van der Waals surface area contributed by atoms with Crippen LogP contribution in [-0.4, -0.2) is 72.7 Å². The van der Waals surface area contributed by atoms with Crippen molar-refractivity contribution in [3.05, 3.63) is 12.2 Å². The summed E-state index contributed by atoms with van der Waals surface area (Å²) in [6, 6.07) is -3.79. The van der Waals surface area contributed by atoms with Crippen molar-refractivity contribution in [2.24, 2.45) is 41.1 Å². The minimum atomic E-state index is -1.28. The SMILES string of the molecule is COC(=O)/C=C/[C@H](CC(C)C)NC(=O)CC[C@H](NC(=O)[C@H](CC(C)C)NC(=O)[C@H](CC(C)C)C(=O)NC(=O)[C@@H](N)C(C)C)C(N)=O. The molecule has 0 spiro atoms. The quantitative estimate of drug-likeness (QED) is 0.0620. The van der Waals surface area contributed by atoms with E-state index in [1.807, 2.05) is 41.5 Å². The first-order valence-electron chi connectivity index (χ1n) is 15.8. The third-order valence-electron chi connectivity index (χ3n) is 7.01. The summed E-state index contributed by atoms with van der Waals surface area (Å²) in [5, 5.41) is 10.1. The zero-order valence-electron chi connectivity index (χ0n) is 28.8. The molecule has 0 heterocycles. The largest absolute Gasteiger partial charge is 0.466 e. The van der Waals surface area contributed by atoms with Gasteiger partial charge in [-0.2, -0.15) is 0 Å². The van der Waals surface area contributed by atoms with Crippen molar-refractivity contribution in [3.8, 4) is 0 Å². The lowest BCUT2D eigenvalue weighted by Crippen LogP contribution is -2.56. The summed E-state index contributed by atoms with van der Waals surface area (Å²) < 4.78 is 4.60. The summed E-state index contributed by atoms with van der Waals surface area (Å²) in [5.41, 5.74) is 11.4. The molecule has 0 fully saturated rings. The second-order valence-corrected chi connectivity index (χ2v) is 13.2. The van der Waals surface area contributed by atoms with Crippen LogP contribution in [0.1, 0.15) is 87.5 Å². The summed E-state index contributed by atoms with van der Waals surface area (Å²) in [6.45, 7) is 14.6. The number of imide groups is 1. The third kappa shape index (κ3) is 17.0. The molecule has 0 radical (unpaired) electrons. The van der Waals surface area contributed by atoms with Gasteiger partial charge in [-0.25, -0.2) is 4.79 Å². The number of hydrogen-bond acceptors (Lipinski definition) is 9. The minimum Gasteiger partial charge on any atom is -0.466 e. The van der Waals surface area contributed by atoms with Crippen LogP contribution in [0, 0.1) is 29.6 Å². The second kappa shape index (κ2) is 21.1. The van der Waals surface area contributed by atoms with E-state index >= 15 is 0 Å². The van der Waals surface area contributed by atoms with E-state index in [9.17, 15) is 33.6 Å². The van der Waals surface area contributed by atoms with Gasteiger partial charge in [0.2, 0.25) is 35.4 Å². The first kappa shape index (κ1) is 42.2. The van der Waals surface area contributed by atoms with Gasteiger partial charge in [0.1, 0.15) is 18.0 Å². The zero-order chi connectivity index (χ0) is 35.7. The number of primary amides is 1. The Balaban J connectivity index is 5.71. The molecular formula is C32H56N6O8. The van der Waals surface area contributed by atoms with Gasteiger partial charge >= 0.3 is 5.97 Å². The second-order valence-electron chi connectivity index (χ2n) is 13.2. The maximum absolute atomic E-state index is 13.4. The first-order chi connectivity index (χ1) is 21.3. The number of carbonyl (C=O) groups excluding carboxylic acids is 7. The van der Waals surface area contributed by atoms with Crippen molar-refractivity contribution < 1.29 is 38.3 Å². The van der Waals surface area contributed by atoms with E-state index in [-0.39, 0.29) is 49.4 Å². The lowest BCUT2D eigenvalue weighted by Gasteiger charge is -2.26. The van der Waals surface area contributed by atoms with E-state index < -0.39 is 71.5 Å². The number of rotatable bonds is 20. The van der Waals surface area contributed by atoms with Crippen LogP contribution in [0.15, 0.2) is 12.2 Å². The van der Waals surface area contributed by atoms with Crippen molar-refractivity contribution >= 4 is 41.4 Å². The van der Waals surface area contributed by atoms with Crippen LogP contribution >= 0.6 is 0 Å². The molecule has 0 bridgehead atoms. The number of amides is 6. The van der Waals surface area contributed by atoms with Crippen molar-refractivity contribution in [2.45, 2.75) is 112 Å². The fourth-order valence-corrected chi connectivity index (χ4v) is 4.44. The molecular weight excluding hydrogens is 596 g/mol. The van der Waals surface area contributed by atoms with Crippen molar-refractivity contribution in [3.63, 3.8) is 0 Å². The molecule has 0 aliphatic carbocycles. The van der Waals surface area contributed by atoms with Crippen molar-refractivity contribution in [1.82, 2.24) is 21.3 Å². The van der Waals surface area contributed by atoms with Gasteiger partial charge < -0.3 is 32.2 Å². The third-order valence-corrected chi connectivity index (χ3v) is 7.01. The standard InChI is InChI=1S/C32H56N6O8/c1-17(2)14-21(10-13-26(40)46-9)35-25(39)12-11-23(28(34)41)36-31(44)24(16-19(5)6)37-29(42)22(15-18(3)4)30(43)38-32(45)27(33)20(7)8/h10,13,17-24,27H,11-12,14-16,33H2,1-9H3,(H2,34,41)(H,35,39)(H,36,44)(H,37,42)(H,38,43,45)/b13-10+/t21-,22+,23+,24+,27+/m1/s1. The summed E-state index contributed by atoms with van der Waals surface area (Å²) in [7, 11) is 1.24. The van der Waals surface area contributed by atoms with E-state index in [4.69, 9.17) is 11.5 Å². The molecule has 0 aliphatic rings. The maximum Gasteiger partial charge on any atom is 0.330 e. The van der Waals surface area contributed by atoms with Crippen molar-refractivity contribution in [2.75, 3.05) is 7.11 Å². The Hall–Kier alpha value is -3.81. The van der Waals surface area contributed by atoms with Crippen LogP contribution in [0.2, 0.25) is 0 Å². The number of methoxy groups -OCH3 is 1. The molecule has 46 heavy (non-hydrogen) atoms. The topological polar surface area (TPSA) is 229 Å².